The topological polar surface area (TPSA) is 157 Å². The predicted molar refractivity (Wildman–Crippen MR) is 150 cm³/mol. The fraction of sp³-hybridized carbons (Fsp3) is 0.231. The summed E-state index contributed by atoms with van der Waals surface area (Å²) in [7, 11) is -1.89. The number of sulfonamides is 1. The van der Waals surface area contributed by atoms with Gasteiger partial charge in [-0.05, 0) is 42.8 Å². The summed E-state index contributed by atoms with van der Waals surface area (Å²) in [5.41, 5.74) is 2.28. The zero-order valence-corrected chi connectivity index (χ0v) is 22.4. The fourth-order valence-corrected chi connectivity index (χ4v) is 4.70. The van der Waals surface area contributed by atoms with Gasteiger partial charge in [0.15, 0.2) is 0 Å². The zero-order chi connectivity index (χ0) is 28.5. The number of aryl methyl sites for hydroxylation is 1. The molecule has 3 N–H and O–H groups in total. The van der Waals surface area contributed by atoms with Crippen molar-refractivity contribution in [2.45, 2.75) is 6.92 Å². The van der Waals surface area contributed by atoms with Crippen LogP contribution in [-0.2, 0) is 19.6 Å². The molecule has 3 aromatic rings. The van der Waals surface area contributed by atoms with Gasteiger partial charge in [-0.2, -0.15) is 0 Å². The molecule has 0 aliphatic carbocycles. The van der Waals surface area contributed by atoms with Gasteiger partial charge >= 0.3 is 5.97 Å². The van der Waals surface area contributed by atoms with Crippen molar-refractivity contribution in [3.05, 3.63) is 76.6 Å². The Hall–Kier alpha value is -4.49. The first-order valence-electron chi connectivity index (χ1n) is 11.9. The number of aliphatic carboxylic acids is 1. The molecular formula is C26H28N6O6S. The maximum absolute atomic E-state index is 13.3. The average molecular weight is 553 g/mol. The van der Waals surface area contributed by atoms with Gasteiger partial charge in [0.05, 0.1) is 23.2 Å². The number of carboxylic acid groups (broad SMARTS) is 1. The minimum atomic E-state index is -3.43. The maximum atomic E-state index is 13.3. The molecule has 12 nitrogen and oxygen atoms in total. The van der Waals surface area contributed by atoms with Crippen molar-refractivity contribution in [3.63, 3.8) is 0 Å². The summed E-state index contributed by atoms with van der Waals surface area (Å²) in [6, 6.07) is 13.9. The minimum absolute atomic E-state index is 0.0110. The van der Waals surface area contributed by atoms with Gasteiger partial charge in [-0.1, -0.05) is 24.8 Å². The molecule has 39 heavy (non-hydrogen) atoms. The molecule has 0 fully saturated rings. The number of para-hydroxylation sites is 1. The monoisotopic (exact) mass is 552 g/mol. The van der Waals surface area contributed by atoms with E-state index in [4.69, 9.17) is 0 Å². The van der Waals surface area contributed by atoms with Crippen LogP contribution in [0.15, 0.2) is 64.9 Å². The average Bonchev–Trinajstić information content (AvgIpc) is 3.22. The van der Waals surface area contributed by atoms with E-state index >= 15 is 0 Å². The number of benzene rings is 2. The van der Waals surface area contributed by atoms with Gasteiger partial charge in [-0.3, -0.25) is 24.4 Å². The van der Waals surface area contributed by atoms with Gasteiger partial charge in [-0.25, -0.2) is 22.8 Å². The van der Waals surface area contributed by atoms with Crippen molar-refractivity contribution in [1.82, 2.24) is 14.5 Å². The highest BCUT2D eigenvalue weighted by molar-refractivity contribution is 7.88. The minimum Gasteiger partial charge on any atom is -0.480 e. The van der Waals surface area contributed by atoms with Crippen molar-refractivity contribution in [1.29, 1.82) is 0 Å². The highest BCUT2D eigenvalue weighted by atomic mass is 32.2. The Morgan fingerprint density at radius 3 is 2.49 bits per heavy atom. The molecule has 1 amide bonds. The summed E-state index contributed by atoms with van der Waals surface area (Å²) in [4.78, 5) is 45.3. The number of carbonyl (C=O) groups excluding carboxylic acids is 1. The second-order valence-corrected chi connectivity index (χ2v) is 10.9. The zero-order valence-electron chi connectivity index (χ0n) is 21.6. The number of aromatic amines is 1. The van der Waals surface area contributed by atoms with Crippen LogP contribution in [0.4, 0.5) is 17.2 Å². The van der Waals surface area contributed by atoms with Gasteiger partial charge in [0.25, 0.3) is 11.5 Å². The Balaban J connectivity index is 1.67. The molecule has 2 heterocycles. The van der Waals surface area contributed by atoms with Crippen molar-refractivity contribution in [2.24, 2.45) is 4.99 Å². The molecule has 1 aliphatic rings. The number of fused-ring (bicyclic) bond motifs is 1. The summed E-state index contributed by atoms with van der Waals surface area (Å²) in [6.45, 7) is 5.56. The first kappa shape index (κ1) is 27.5. The third-order valence-electron chi connectivity index (χ3n) is 6.17. The number of aliphatic imine (C=N–C) groups is 1. The summed E-state index contributed by atoms with van der Waals surface area (Å²) in [5, 5.41) is 12.3. The number of nitrogens with zero attached hydrogens (tertiary/aromatic N) is 4. The van der Waals surface area contributed by atoms with Gasteiger partial charge in [0.1, 0.15) is 18.1 Å². The summed E-state index contributed by atoms with van der Waals surface area (Å²) in [5.74, 6) is -1.21. The van der Waals surface area contributed by atoms with E-state index in [-0.39, 0.29) is 42.0 Å². The quantitative estimate of drug-likeness (QED) is 0.364. The third kappa shape index (κ3) is 5.84. The number of carboxylic acids is 1. The van der Waals surface area contributed by atoms with Crippen LogP contribution in [-0.4, -0.2) is 73.8 Å². The second-order valence-electron chi connectivity index (χ2n) is 9.07. The number of hydrogen-bond donors (Lipinski definition) is 3. The SMILES string of the molecule is C=C1C(=Nc2ccc(N(CCNS(C)(=O)=O)CC(=O)O)cc2C)C(=O)N(C)c2[nH]n(-c3ccccc3)c(=O)c21. The van der Waals surface area contributed by atoms with E-state index in [2.05, 4.69) is 21.4 Å². The van der Waals surface area contributed by atoms with Gasteiger partial charge in [0.2, 0.25) is 10.0 Å². The maximum Gasteiger partial charge on any atom is 0.323 e. The number of carbonyl (C=O) groups is 2. The van der Waals surface area contributed by atoms with Crippen LogP contribution < -0.4 is 20.1 Å². The number of H-pyrrole nitrogens is 1. The molecule has 1 aromatic heterocycles. The van der Waals surface area contributed by atoms with Crippen LogP contribution in [0.2, 0.25) is 0 Å². The van der Waals surface area contributed by atoms with Crippen LogP contribution in [0.5, 0.6) is 0 Å². The molecule has 0 saturated carbocycles. The Kier molecular flexibility index (Phi) is 7.56. The second kappa shape index (κ2) is 10.7. The molecule has 0 atom stereocenters. The standard InChI is InChI=1S/C26H28N6O6S/c1-16-14-19(31(15-21(33)34)13-12-27-39(4,37)38)10-11-20(16)28-23-17(2)22-24(30(3)26(23)36)29-32(25(22)35)18-8-6-5-7-9-18/h5-11,14,27,29H,2,12-13,15H2,1,3-4H3,(H,33,34). The lowest BCUT2D eigenvalue weighted by Crippen LogP contribution is -2.39. The van der Waals surface area contributed by atoms with E-state index < -0.39 is 21.9 Å². The van der Waals surface area contributed by atoms with Crippen LogP contribution >= 0.6 is 0 Å². The molecule has 0 radical (unpaired) electrons. The molecule has 4 rings (SSSR count). The highest BCUT2D eigenvalue weighted by Crippen LogP contribution is 2.32. The van der Waals surface area contributed by atoms with Crippen LogP contribution in [0.1, 0.15) is 11.1 Å². The van der Waals surface area contributed by atoms with Crippen LogP contribution in [0, 0.1) is 6.92 Å². The number of nitrogens with one attached hydrogen (secondary N) is 2. The highest BCUT2D eigenvalue weighted by Gasteiger charge is 2.35. The van der Waals surface area contributed by atoms with Crippen molar-refractivity contribution in [3.8, 4) is 5.69 Å². The normalized spacial score (nSPS) is 14.5. The van der Waals surface area contributed by atoms with E-state index in [0.717, 1.165) is 6.26 Å². The van der Waals surface area contributed by atoms with E-state index in [0.29, 0.717) is 28.4 Å². The summed E-state index contributed by atoms with van der Waals surface area (Å²) in [6.07, 6.45) is 1.03. The van der Waals surface area contributed by atoms with E-state index in [1.54, 1.807) is 56.4 Å². The molecule has 0 spiro atoms. The molecule has 13 heteroatoms. The molecule has 2 aromatic carbocycles. The Morgan fingerprint density at radius 1 is 1.18 bits per heavy atom. The van der Waals surface area contributed by atoms with Crippen LogP contribution in [0.25, 0.3) is 11.3 Å². The lowest BCUT2D eigenvalue weighted by Gasteiger charge is -2.25. The Bertz CT molecular complexity index is 1660. The number of anilines is 2. The smallest absolute Gasteiger partial charge is 0.323 e. The van der Waals surface area contributed by atoms with Crippen LogP contribution in [0.3, 0.4) is 0 Å². The van der Waals surface area contributed by atoms with E-state index in [9.17, 15) is 27.9 Å². The summed E-state index contributed by atoms with van der Waals surface area (Å²) >= 11 is 0. The van der Waals surface area contributed by atoms with Crippen molar-refractivity contribution in [2.75, 3.05) is 42.7 Å². The first-order chi connectivity index (χ1) is 18.4. The molecule has 0 saturated heterocycles. The van der Waals surface area contributed by atoms with E-state index in [1.807, 2.05) is 6.07 Å². The van der Waals surface area contributed by atoms with Gasteiger partial charge in [-0.15, -0.1) is 0 Å². The predicted octanol–water partition coefficient (Wildman–Crippen LogP) is 1.68. The van der Waals surface area contributed by atoms with E-state index in [1.165, 1.54) is 14.5 Å². The Morgan fingerprint density at radius 2 is 1.87 bits per heavy atom. The molecule has 0 bridgehead atoms. The van der Waals surface area contributed by atoms with Gasteiger partial charge in [0, 0.05) is 31.4 Å². The van der Waals surface area contributed by atoms with Crippen molar-refractivity contribution >= 4 is 50.4 Å². The third-order valence-corrected chi connectivity index (χ3v) is 6.89. The lowest BCUT2D eigenvalue weighted by molar-refractivity contribution is -0.135. The Labute approximate surface area is 224 Å². The van der Waals surface area contributed by atoms with Gasteiger partial charge < -0.3 is 10.0 Å². The first-order valence-corrected chi connectivity index (χ1v) is 13.8. The number of rotatable bonds is 9. The number of hydrogen-bond acceptors (Lipinski definition) is 7. The molecular weight excluding hydrogens is 524 g/mol. The summed E-state index contributed by atoms with van der Waals surface area (Å²) < 4.78 is 26.5. The largest absolute Gasteiger partial charge is 0.480 e. The number of amides is 1. The lowest BCUT2D eigenvalue weighted by atomic mass is 9.99. The van der Waals surface area contributed by atoms with Crippen molar-refractivity contribution < 1.29 is 23.1 Å². The molecule has 0 unspecified atom stereocenters. The molecule has 1 aliphatic heterocycles. The fourth-order valence-electron chi connectivity index (χ4n) is 4.23. The number of aromatic nitrogens is 2. The molecule has 204 valence electrons.